The van der Waals surface area contributed by atoms with Gasteiger partial charge in [0.15, 0.2) is 6.29 Å². The van der Waals surface area contributed by atoms with Crippen LogP contribution in [0.3, 0.4) is 0 Å². The highest BCUT2D eigenvalue weighted by molar-refractivity contribution is 6.30. The van der Waals surface area contributed by atoms with Crippen molar-refractivity contribution in [3.63, 3.8) is 0 Å². The highest BCUT2D eigenvalue weighted by Gasteiger charge is 2.50. The predicted molar refractivity (Wildman–Crippen MR) is 93.6 cm³/mol. The van der Waals surface area contributed by atoms with Crippen LogP contribution in [0.25, 0.3) is 0 Å². The maximum Gasteiger partial charge on any atom is 0.157 e. The van der Waals surface area contributed by atoms with Gasteiger partial charge in [-0.1, -0.05) is 23.4 Å². The summed E-state index contributed by atoms with van der Waals surface area (Å²) in [6.45, 7) is 0. The highest BCUT2D eigenvalue weighted by Crippen LogP contribution is 2.49. The second-order valence-corrected chi connectivity index (χ2v) is 6.60. The Balaban J connectivity index is 1.86. The molecule has 1 aromatic carbocycles. The number of aldehydes is 1. The van der Waals surface area contributed by atoms with Gasteiger partial charge in [-0.05, 0) is 49.1 Å². The molecule has 2 N–H and O–H groups in total. The number of nitrogens with one attached hydrogen (secondary N) is 2. The maximum atomic E-state index is 11.4. The molecule has 2 heterocycles. The van der Waals surface area contributed by atoms with Crippen molar-refractivity contribution in [3.8, 4) is 11.8 Å². The summed E-state index contributed by atoms with van der Waals surface area (Å²) in [6.07, 6.45) is 6.02. The van der Waals surface area contributed by atoms with E-state index in [4.69, 9.17) is 11.6 Å². The number of halogens is 1. The molecule has 5 heteroatoms. The standard InChI is InChI=1S/C19H16ClN3O/c20-15-5-6-17-16(10-15)19(14-3-4-14,23-18(12-24)22-17)8-7-13-2-1-9-21-11-13/h1-2,5-6,9-12,14,18,22-23H,3-4H2. The number of hydrogen-bond acceptors (Lipinski definition) is 4. The zero-order valence-corrected chi connectivity index (χ0v) is 13.7. The van der Waals surface area contributed by atoms with E-state index in [2.05, 4.69) is 27.5 Å². The summed E-state index contributed by atoms with van der Waals surface area (Å²) in [5.74, 6) is 6.99. The highest BCUT2D eigenvalue weighted by atomic mass is 35.5. The van der Waals surface area contributed by atoms with Crippen LogP contribution in [0.1, 0.15) is 24.0 Å². The summed E-state index contributed by atoms with van der Waals surface area (Å²) in [5.41, 5.74) is 2.19. The summed E-state index contributed by atoms with van der Waals surface area (Å²) in [5, 5.41) is 7.25. The van der Waals surface area contributed by atoms with Gasteiger partial charge in [0.25, 0.3) is 0 Å². The van der Waals surface area contributed by atoms with E-state index in [9.17, 15) is 4.79 Å². The van der Waals surface area contributed by atoms with Gasteiger partial charge in [-0.15, -0.1) is 0 Å². The summed E-state index contributed by atoms with van der Waals surface area (Å²) in [6, 6.07) is 9.47. The van der Waals surface area contributed by atoms with Gasteiger partial charge in [0, 0.05) is 34.2 Å². The number of hydrogen-bond donors (Lipinski definition) is 2. The topological polar surface area (TPSA) is 54.0 Å². The molecule has 2 unspecified atom stereocenters. The second-order valence-electron chi connectivity index (χ2n) is 6.17. The van der Waals surface area contributed by atoms with E-state index >= 15 is 0 Å². The van der Waals surface area contributed by atoms with Crippen LogP contribution in [-0.4, -0.2) is 17.4 Å². The summed E-state index contributed by atoms with van der Waals surface area (Å²) in [7, 11) is 0. The molecule has 0 saturated heterocycles. The van der Waals surface area contributed by atoms with E-state index in [1.165, 1.54) is 0 Å². The summed E-state index contributed by atoms with van der Waals surface area (Å²) < 4.78 is 0. The third-order valence-corrected chi connectivity index (χ3v) is 4.73. The Morgan fingerprint density at radius 3 is 2.92 bits per heavy atom. The molecule has 1 aliphatic carbocycles. The molecule has 0 spiro atoms. The zero-order valence-electron chi connectivity index (χ0n) is 12.9. The van der Waals surface area contributed by atoms with Gasteiger partial charge >= 0.3 is 0 Å². The Hall–Kier alpha value is -2.35. The Morgan fingerprint density at radius 2 is 2.21 bits per heavy atom. The van der Waals surface area contributed by atoms with Crippen LogP contribution in [0.2, 0.25) is 5.02 Å². The van der Waals surface area contributed by atoms with Crippen molar-refractivity contribution in [2.45, 2.75) is 24.5 Å². The van der Waals surface area contributed by atoms with Gasteiger partial charge in [0.05, 0.1) is 0 Å². The Kier molecular flexibility index (Phi) is 3.76. The Labute approximate surface area is 145 Å². The van der Waals surface area contributed by atoms with Crippen molar-refractivity contribution in [3.05, 3.63) is 58.9 Å². The first-order valence-electron chi connectivity index (χ1n) is 7.94. The first-order valence-corrected chi connectivity index (χ1v) is 8.32. The molecule has 4 rings (SSSR count). The van der Waals surface area contributed by atoms with Gasteiger partial charge in [0.2, 0.25) is 0 Å². The molecule has 4 nitrogen and oxygen atoms in total. The number of pyridine rings is 1. The van der Waals surface area contributed by atoms with Gasteiger partial charge in [0.1, 0.15) is 11.7 Å². The largest absolute Gasteiger partial charge is 0.364 e. The zero-order chi connectivity index (χ0) is 16.6. The number of aromatic nitrogens is 1. The lowest BCUT2D eigenvalue weighted by molar-refractivity contribution is -0.109. The van der Waals surface area contributed by atoms with Crippen LogP contribution in [0.5, 0.6) is 0 Å². The van der Waals surface area contributed by atoms with E-state index in [1.807, 2.05) is 30.3 Å². The smallest absolute Gasteiger partial charge is 0.157 e. The molecule has 1 fully saturated rings. The molecule has 1 aromatic heterocycles. The number of benzene rings is 1. The minimum atomic E-state index is -0.576. The lowest BCUT2D eigenvalue weighted by atomic mass is 9.82. The average molecular weight is 338 g/mol. The number of carbonyl (C=O) groups is 1. The molecule has 1 aliphatic heterocycles. The third kappa shape index (κ3) is 2.66. The monoisotopic (exact) mass is 337 g/mol. The number of nitrogens with zero attached hydrogens (tertiary/aromatic N) is 1. The van der Waals surface area contributed by atoms with E-state index in [1.54, 1.807) is 12.4 Å². The normalized spacial score (nSPS) is 25.0. The third-order valence-electron chi connectivity index (χ3n) is 4.49. The van der Waals surface area contributed by atoms with Crippen molar-refractivity contribution >= 4 is 23.6 Å². The summed E-state index contributed by atoms with van der Waals surface area (Å²) in [4.78, 5) is 15.5. The van der Waals surface area contributed by atoms with Crippen LogP contribution in [0, 0.1) is 17.8 Å². The van der Waals surface area contributed by atoms with Crippen LogP contribution in [0.4, 0.5) is 5.69 Å². The molecule has 24 heavy (non-hydrogen) atoms. The molecular formula is C19H16ClN3O. The SMILES string of the molecule is O=CC1Nc2ccc(Cl)cc2C(C#Cc2cccnc2)(C2CC2)N1. The van der Waals surface area contributed by atoms with Gasteiger partial charge in [-0.3, -0.25) is 15.1 Å². The van der Waals surface area contributed by atoms with Crippen molar-refractivity contribution in [2.75, 3.05) is 5.32 Å². The number of anilines is 1. The fourth-order valence-corrected chi connectivity index (χ4v) is 3.40. The van der Waals surface area contributed by atoms with Gasteiger partial charge in [-0.25, -0.2) is 0 Å². The van der Waals surface area contributed by atoms with E-state index in [-0.39, 0.29) is 0 Å². The fraction of sp³-hybridized carbons (Fsp3) is 0.263. The molecule has 120 valence electrons. The van der Waals surface area contributed by atoms with E-state index in [0.717, 1.165) is 35.9 Å². The van der Waals surface area contributed by atoms with Crippen molar-refractivity contribution in [1.82, 2.24) is 10.3 Å². The molecule has 2 atom stereocenters. The van der Waals surface area contributed by atoms with Crippen molar-refractivity contribution < 1.29 is 4.79 Å². The maximum absolute atomic E-state index is 11.4. The van der Waals surface area contributed by atoms with Crippen molar-refractivity contribution in [1.29, 1.82) is 0 Å². The van der Waals surface area contributed by atoms with Gasteiger partial charge in [-0.2, -0.15) is 0 Å². The minimum absolute atomic E-state index is 0.364. The van der Waals surface area contributed by atoms with E-state index < -0.39 is 11.7 Å². The lowest BCUT2D eigenvalue weighted by Gasteiger charge is -2.40. The molecule has 0 amide bonds. The summed E-state index contributed by atoms with van der Waals surface area (Å²) >= 11 is 6.23. The molecule has 1 saturated carbocycles. The quantitative estimate of drug-likeness (QED) is 0.653. The lowest BCUT2D eigenvalue weighted by Crippen LogP contribution is -2.56. The minimum Gasteiger partial charge on any atom is -0.364 e. The van der Waals surface area contributed by atoms with Crippen LogP contribution in [-0.2, 0) is 10.3 Å². The average Bonchev–Trinajstić information content (AvgIpc) is 3.46. The van der Waals surface area contributed by atoms with E-state index in [0.29, 0.717) is 10.9 Å². The van der Waals surface area contributed by atoms with Crippen LogP contribution < -0.4 is 10.6 Å². The number of rotatable bonds is 2. The molecule has 2 aliphatic rings. The number of fused-ring (bicyclic) bond motifs is 1. The molecular weight excluding hydrogens is 322 g/mol. The first kappa shape index (κ1) is 15.2. The van der Waals surface area contributed by atoms with Crippen LogP contribution >= 0.6 is 11.6 Å². The van der Waals surface area contributed by atoms with Crippen LogP contribution in [0.15, 0.2) is 42.7 Å². The van der Waals surface area contributed by atoms with Gasteiger partial charge < -0.3 is 5.32 Å². The molecule has 0 radical (unpaired) electrons. The first-order chi connectivity index (χ1) is 11.7. The number of carbonyl (C=O) groups excluding carboxylic acids is 1. The Morgan fingerprint density at radius 1 is 1.33 bits per heavy atom. The Bertz CT molecular complexity index is 839. The predicted octanol–water partition coefficient (Wildman–Crippen LogP) is 2.93. The van der Waals surface area contributed by atoms with Crippen molar-refractivity contribution in [2.24, 2.45) is 5.92 Å². The molecule has 2 aromatic rings. The molecule has 0 bridgehead atoms. The fourth-order valence-electron chi connectivity index (χ4n) is 3.23. The second kappa shape index (κ2) is 5.94.